The number of ketones is 1. The summed E-state index contributed by atoms with van der Waals surface area (Å²) in [4.78, 5) is 41.8. The fraction of sp³-hybridized carbons (Fsp3) is 0.536. The highest BCUT2D eigenvalue weighted by atomic mass is 16.1. The second kappa shape index (κ2) is 11.3. The Kier molecular flexibility index (Phi) is 8.14. The highest BCUT2D eigenvalue weighted by Crippen LogP contribution is 2.32. The van der Waals surface area contributed by atoms with E-state index in [0.29, 0.717) is 28.9 Å². The molecule has 1 N–H and O–H groups in total. The van der Waals surface area contributed by atoms with E-state index in [1.165, 1.54) is 12.5 Å². The number of fused-ring (bicyclic) bond motifs is 1. The molecule has 2 fully saturated rings. The van der Waals surface area contributed by atoms with E-state index in [9.17, 15) is 9.59 Å². The minimum Gasteiger partial charge on any atom is -0.309 e. The molecule has 3 aromatic heterocycles. The van der Waals surface area contributed by atoms with Gasteiger partial charge in [0.05, 0.1) is 5.56 Å². The molecule has 0 radical (unpaired) electrons. The zero-order valence-corrected chi connectivity index (χ0v) is 22.2. The molecule has 1 saturated heterocycles. The first-order valence-corrected chi connectivity index (χ1v) is 13.3. The molecule has 0 unspecified atom stereocenters. The van der Waals surface area contributed by atoms with Gasteiger partial charge in [0.2, 0.25) is 5.95 Å². The number of nitrogens with one attached hydrogen (secondary N) is 1. The predicted molar refractivity (Wildman–Crippen MR) is 144 cm³/mol. The average Bonchev–Trinajstić information content (AvgIpc) is 3.41. The number of piperidine rings is 1. The smallest absolute Gasteiger partial charge is 0.263 e. The Bertz CT molecular complexity index is 1270. The number of aryl methyl sites for hydroxylation is 1. The largest absolute Gasteiger partial charge is 0.309 e. The summed E-state index contributed by atoms with van der Waals surface area (Å²) in [5, 5.41) is 3.95. The number of anilines is 2. The molecule has 5 rings (SSSR count). The summed E-state index contributed by atoms with van der Waals surface area (Å²) in [6, 6.07) is 4.16. The monoisotopic (exact) mass is 490 g/mol. The lowest BCUT2D eigenvalue weighted by Crippen LogP contribution is -2.30. The molecule has 0 amide bonds. The number of carbonyl (C=O) groups is 1. The van der Waals surface area contributed by atoms with Gasteiger partial charge >= 0.3 is 0 Å². The van der Waals surface area contributed by atoms with E-state index < -0.39 is 0 Å². The summed E-state index contributed by atoms with van der Waals surface area (Å²) in [7, 11) is 2.17. The van der Waals surface area contributed by atoms with E-state index in [2.05, 4.69) is 33.3 Å². The summed E-state index contributed by atoms with van der Waals surface area (Å²) in [6.07, 6.45) is 9.95. The molecule has 192 valence electrons. The zero-order chi connectivity index (χ0) is 25.8. The van der Waals surface area contributed by atoms with Crippen LogP contribution in [0.1, 0.15) is 92.7 Å². The maximum atomic E-state index is 13.4. The lowest BCUT2D eigenvalue weighted by molar-refractivity contribution is 0.101. The van der Waals surface area contributed by atoms with Crippen LogP contribution in [0.15, 0.2) is 29.3 Å². The molecule has 4 heterocycles. The molecule has 8 nitrogen and oxygen atoms in total. The van der Waals surface area contributed by atoms with Crippen LogP contribution in [0.4, 0.5) is 11.8 Å². The van der Waals surface area contributed by atoms with Gasteiger partial charge in [0, 0.05) is 23.8 Å². The Labute approximate surface area is 213 Å². The number of likely N-dealkylation sites (tertiary alicyclic amines) is 1. The van der Waals surface area contributed by atoms with E-state index in [1.54, 1.807) is 17.7 Å². The Balaban J connectivity index is 0.00000148. The second-order valence-corrected chi connectivity index (χ2v) is 9.78. The van der Waals surface area contributed by atoms with Gasteiger partial charge in [-0.2, -0.15) is 4.98 Å². The number of hydrogen-bond acceptors (Lipinski definition) is 7. The van der Waals surface area contributed by atoms with Crippen molar-refractivity contribution in [1.82, 2.24) is 24.4 Å². The van der Waals surface area contributed by atoms with Gasteiger partial charge in [0.25, 0.3) is 5.56 Å². The van der Waals surface area contributed by atoms with Gasteiger partial charge in [0.15, 0.2) is 5.78 Å². The third-order valence-corrected chi connectivity index (χ3v) is 7.47. The van der Waals surface area contributed by atoms with Crippen LogP contribution < -0.4 is 10.9 Å². The summed E-state index contributed by atoms with van der Waals surface area (Å²) in [5.74, 6) is 1.40. The number of aromatic nitrogens is 4. The van der Waals surface area contributed by atoms with Crippen molar-refractivity contribution in [3.8, 4) is 0 Å². The number of carbonyl (C=O) groups excluding carboxylic acids is 1. The molecular weight excluding hydrogens is 452 g/mol. The summed E-state index contributed by atoms with van der Waals surface area (Å²) in [5.41, 5.74) is 2.50. The van der Waals surface area contributed by atoms with Crippen molar-refractivity contribution in [2.75, 3.05) is 25.5 Å². The minimum absolute atomic E-state index is 0.0587. The van der Waals surface area contributed by atoms with Gasteiger partial charge in [-0.3, -0.25) is 14.2 Å². The fourth-order valence-electron chi connectivity index (χ4n) is 5.49. The maximum absolute atomic E-state index is 13.4. The molecule has 0 atom stereocenters. The van der Waals surface area contributed by atoms with Crippen LogP contribution in [0.2, 0.25) is 0 Å². The van der Waals surface area contributed by atoms with Crippen LogP contribution in [0.5, 0.6) is 0 Å². The molecule has 0 spiro atoms. The van der Waals surface area contributed by atoms with E-state index in [1.807, 2.05) is 26.1 Å². The molecular formula is C28H38N6O2. The van der Waals surface area contributed by atoms with Crippen molar-refractivity contribution in [2.24, 2.45) is 0 Å². The Morgan fingerprint density at radius 2 is 1.72 bits per heavy atom. The van der Waals surface area contributed by atoms with E-state index >= 15 is 0 Å². The SMILES string of the molecule is CC.CC(=O)c1c(C)c2cnc(Nc3ccc(C4CCN(C)CC4)cn3)nc2n(C2CCCC2)c1=O. The highest BCUT2D eigenvalue weighted by molar-refractivity contribution is 5.99. The van der Waals surface area contributed by atoms with Crippen LogP contribution in [0.3, 0.4) is 0 Å². The molecule has 0 bridgehead atoms. The van der Waals surface area contributed by atoms with Crippen molar-refractivity contribution >= 4 is 28.6 Å². The van der Waals surface area contributed by atoms with Crippen LogP contribution in [-0.2, 0) is 0 Å². The molecule has 2 aliphatic rings. The molecule has 1 saturated carbocycles. The van der Waals surface area contributed by atoms with Gasteiger partial charge in [-0.05, 0) is 82.8 Å². The predicted octanol–water partition coefficient (Wildman–Crippen LogP) is 5.39. The van der Waals surface area contributed by atoms with Crippen LogP contribution in [-0.4, -0.2) is 50.3 Å². The van der Waals surface area contributed by atoms with Crippen molar-refractivity contribution in [3.05, 3.63) is 51.6 Å². The Hall–Kier alpha value is -3.13. The number of nitrogens with zero attached hydrogens (tertiary/aromatic N) is 5. The quantitative estimate of drug-likeness (QED) is 0.479. The number of pyridine rings is 2. The van der Waals surface area contributed by atoms with Crippen molar-refractivity contribution in [2.45, 2.75) is 78.2 Å². The summed E-state index contributed by atoms with van der Waals surface area (Å²) >= 11 is 0. The average molecular weight is 491 g/mol. The highest BCUT2D eigenvalue weighted by Gasteiger charge is 2.26. The molecule has 3 aromatic rings. The third-order valence-electron chi connectivity index (χ3n) is 7.47. The normalized spacial score (nSPS) is 17.1. The van der Waals surface area contributed by atoms with Crippen molar-refractivity contribution in [1.29, 1.82) is 0 Å². The third kappa shape index (κ3) is 5.19. The van der Waals surface area contributed by atoms with Gasteiger partial charge in [0.1, 0.15) is 11.5 Å². The van der Waals surface area contributed by atoms with Crippen molar-refractivity contribution in [3.63, 3.8) is 0 Å². The standard InChI is InChI=1S/C26H32N6O2.C2H6/c1-16-21-15-28-26(29-22-9-8-19(14-27-22)18-10-12-31(3)13-11-18)30-24(21)32(20-6-4-5-7-20)25(34)23(16)17(2)33;1-2/h8-9,14-15,18,20H,4-7,10-13H2,1-3H3,(H,27,28,29,30);1-2H3. The lowest BCUT2D eigenvalue weighted by Gasteiger charge is -2.29. The van der Waals surface area contributed by atoms with Crippen molar-refractivity contribution < 1.29 is 4.79 Å². The molecule has 36 heavy (non-hydrogen) atoms. The molecule has 0 aromatic carbocycles. The van der Waals surface area contributed by atoms with Gasteiger partial charge < -0.3 is 10.2 Å². The summed E-state index contributed by atoms with van der Waals surface area (Å²) in [6.45, 7) is 9.48. The van der Waals surface area contributed by atoms with E-state index in [0.717, 1.165) is 57.0 Å². The molecule has 1 aliphatic carbocycles. The Morgan fingerprint density at radius 3 is 2.33 bits per heavy atom. The van der Waals surface area contributed by atoms with Gasteiger partial charge in [-0.1, -0.05) is 32.8 Å². The van der Waals surface area contributed by atoms with E-state index in [-0.39, 0.29) is 22.9 Å². The molecule has 8 heteroatoms. The zero-order valence-electron chi connectivity index (χ0n) is 22.2. The number of rotatable bonds is 5. The Morgan fingerprint density at radius 1 is 1.03 bits per heavy atom. The van der Waals surface area contributed by atoms with Gasteiger partial charge in [-0.15, -0.1) is 0 Å². The first kappa shape index (κ1) is 25.9. The lowest BCUT2D eigenvalue weighted by atomic mass is 9.91. The second-order valence-electron chi connectivity index (χ2n) is 9.78. The van der Waals surface area contributed by atoms with Crippen LogP contribution >= 0.6 is 0 Å². The topological polar surface area (TPSA) is 93.0 Å². The molecule has 1 aliphatic heterocycles. The van der Waals surface area contributed by atoms with Crippen LogP contribution in [0, 0.1) is 6.92 Å². The first-order chi connectivity index (χ1) is 17.4. The fourth-order valence-corrected chi connectivity index (χ4v) is 5.49. The summed E-state index contributed by atoms with van der Waals surface area (Å²) < 4.78 is 1.73. The number of hydrogen-bond donors (Lipinski definition) is 1. The van der Waals surface area contributed by atoms with E-state index in [4.69, 9.17) is 4.98 Å². The van der Waals surface area contributed by atoms with Crippen LogP contribution in [0.25, 0.3) is 11.0 Å². The first-order valence-electron chi connectivity index (χ1n) is 13.3. The minimum atomic E-state index is -0.241. The van der Waals surface area contributed by atoms with Gasteiger partial charge in [-0.25, -0.2) is 9.97 Å². The number of Topliss-reactive ketones (excluding diaryl/α,β-unsaturated/α-hetero) is 1. The maximum Gasteiger partial charge on any atom is 0.263 e.